The van der Waals surface area contributed by atoms with Crippen LogP contribution >= 0.6 is 0 Å². The molecule has 6 nitrogen and oxygen atoms in total. The number of rotatable bonds is 14. The van der Waals surface area contributed by atoms with E-state index in [4.69, 9.17) is 14.2 Å². The lowest BCUT2D eigenvalue weighted by Gasteiger charge is -2.33. The maximum Gasteiger partial charge on any atom is 0.410 e. The average Bonchev–Trinajstić information content (AvgIpc) is 2.88. The number of amides is 1. The van der Waals surface area contributed by atoms with Gasteiger partial charge in [-0.3, -0.25) is 4.90 Å². The van der Waals surface area contributed by atoms with E-state index in [-0.39, 0.29) is 12.2 Å². The van der Waals surface area contributed by atoms with Crippen LogP contribution in [-0.2, 0) is 27.3 Å². The molecule has 3 rings (SSSR count). The number of nitrogens with zero attached hydrogens (tertiary/aromatic N) is 2. The van der Waals surface area contributed by atoms with E-state index in [1.54, 1.807) is 4.90 Å². The van der Waals surface area contributed by atoms with Crippen molar-refractivity contribution in [3.8, 4) is 0 Å². The van der Waals surface area contributed by atoms with Gasteiger partial charge in [0.2, 0.25) is 0 Å². The zero-order chi connectivity index (χ0) is 26.3. The standard InChI is InChI=1S/C31H46N2O4/c1-31(2,3)37-30(34)33-19-17-29(18-20-33)36-23-12-6-11-22-35-24-21-32(25-27-13-7-4-8-14-27)26-28-15-9-5-10-16-28/h4-5,7-10,13-16,29H,6,11-12,17-26H2,1-3H3. The molecule has 2 aromatic carbocycles. The van der Waals surface area contributed by atoms with Gasteiger partial charge in [-0.2, -0.15) is 0 Å². The Morgan fingerprint density at radius 3 is 1.97 bits per heavy atom. The van der Waals surface area contributed by atoms with E-state index in [9.17, 15) is 4.79 Å². The second kappa shape index (κ2) is 15.8. The van der Waals surface area contributed by atoms with E-state index in [1.807, 2.05) is 20.8 Å². The quantitative estimate of drug-likeness (QED) is 0.280. The minimum atomic E-state index is -0.447. The van der Waals surface area contributed by atoms with E-state index in [2.05, 4.69) is 65.6 Å². The Hall–Kier alpha value is -2.41. The summed E-state index contributed by atoms with van der Waals surface area (Å²) < 4.78 is 17.5. The van der Waals surface area contributed by atoms with Crippen LogP contribution in [0.15, 0.2) is 60.7 Å². The van der Waals surface area contributed by atoms with Crippen LogP contribution in [0.4, 0.5) is 4.79 Å². The summed E-state index contributed by atoms with van der Waals surface area (Å²) in [5.41, 5.74) is 2.21. The summed E-state index contributed by atoms with van der Waals surface area (Å²) in [4.78, 5) is 16.4. The van der Waals surface area contributed by atoms with Gasteiger partial charge in [-0.05, 0) is 64.0 Å². The molecule has 0 unspecified atom stereocenters. The van der Waals surface area contributed by atoms with Gasteiger partial charge >= 0.3 is 6.09 Å². The number of carbonyl (C=O) groups excluding carboxylic acids is 1. The van der Waals surface area contributed by atoms with Crippen molar-refractivity contribution in [3.05, 3.63) is 71.8 Å². The normalized spacial score (nSPS) is 14.8. The number of benzene rings is 2. The zero-order valence-electron chi connectivity index (χ0n) is 23.1. The van der Waals surface area contributed by atoms with Crippen LogP contribution in [0.3, 0.4) is 0 Å². The number of hydrogen-bond acceptors (Lipinski definition) is 5. The van der Waals surface area contributed by atoms with Gasteiger partial charge in [0.15, 0.2) is 0 Å². The van der Waals surface area contributed by atoms with Crippen molar-refractivity contribution in [2.45, 2.75) is 77.7 Å². The van der Waals surface area contributed by atoms with Gasteiger partial charge in [0, 0.05) is 45.9 Å². The summed E-state index contributed by atoms with van der Waals surface area (Å²) in [5, 5.41) is 0. The monoisotopic (exact) mass is 510 g/mol. The molecule has 0 aromatic heterocycles. The first-order chi connectivity index (χ1) is 17.9. The Balaban J connectivity index is 1.23. The van der Waals surface area contributed by atoms with Gasteiger partial charge in [-0.1, -0.05) is 60.7 Å². The summed E-state index contributed by atoms with van der Waals surface area (Å²) in [7, 11) is 0. The van der Waals surface area contributed by atoms with Crippen LogP contribution < -0.4 is 0 Å². The lowest BCUT2D eigenvalue weighted by atomic mass is 10.1. The Kier molecular flexibility index (Phi) is 12.4. The van der Waals surface area contributed by atoms with E-state index >= 15 is 0 Å². The Bertz CT molecular complexity index is 836. The fourth-order valence-corrected chi connectivity index (χ4v) is 4.46. The molecule has 1 aliphatic heterocycles. The topological polar surface area (TPSA) is 51.2 Å². The van der Waals surface area contributed by atoms with Gasteiger partial charge in [0.25, 0.3) is 0 Å². The lowest BCUT2D eigenvalue weighted by molar-refractivity contribution is -0.0124. The fraction of sp³-hybridized carbons (Fsp3) is 0.581. The third-order valence-corrected chi connectivity index (χ3v) is 6.43. The van der Waals surface area contributed by atoms with E-state index in [0.717, 1.165) is 71.6 Å². The van der Waals surface area contributed by atoms with Crippen molar-refractivity contribution in [1.29, 1.82) is 0 Å². The molecule has 0 aliphatic carbocycles. The maximum atomic E-state index is 12.2. The summed E-state index contributed by atoms with van der Waals surface area (Å²) in [6.07, 6.45) is 5.00. The zero-order valence-corrected chi connectivity index (χ0v) is 23.1. The van der Waals surface area contributed by atoms with Crippen LogP contribution in [0.25, 0.3) is 0 Å². The molecule has 0 saturated carbocycles. The average molecular weight is 511 g/mol. The van der Waals surface area contributed by atoms with Crippen molar-refractivity contribution in [3.63, 3.8) is 0 Å². The number of ether oxygens (including phenoxy) is 3. The van der Waals surface area contributed by atoms with Crippen molar-refractivity contribution in [2.24, 2.45) is 0 Å². The molecule has 0 bridgehead atoms. The largest absolute Gasteiger partial charge is 0.444 e. The lowest BCUT2D eigenvalue weighted by Crippen LogP contribution is -2.43. The predicted octanol–water partition coefficient (Wildman–Crippen LogP) is 6.29. The molecule has 2 aromatic rings. The number of unbranched alkanes of at least 4 members (excludes halogenated alkanes) is 2. The fourth-order valence-electron chi connectivity index (χ4n) is 4.46. The molecular formula is C31H46N2O4. The van der Waals surface area contributed by atoms with Crippen LogP contribution in [-0.4, -0.2) is 67.1 Å². The molecule has 0 atom stereocenters. The first-order valence-electron chi connectivity index (χ1n) is 13.9. The minimum absolute atomic E-state index is 0.214. The van der Waals surface area contributed by atoms with Gasteiger partial charge < -0.3 is 19.1 Å². The summed E-state index contributed by atoms with van der Waals surface area (Å²) in [6, 6.07) is 21.3. The molecule has 204 valence electrons. The Labute approximate surface area is 223 Å². The number of carbonyl (C=O) groups is 1. The van der Waals surface area contributed by atoms with E-state index < -0.39 is 5.60 Å². The van der Waals surface area contributed by atoms with Gasteiger partial charge in [-0.25, -0.2) is 4.79 Å². The highest BCUT2D eigenvalue weighted by Gasteiger charge is 2.27. The first kappa shape index (κ1) is 29.2. The highest BCUT2D eigenvalue weighted by Crippen LogP contribution is 2.18. The third-order valence-electron chi connectivity index (χ3n) is 6.43. The number of piperidine rings is 1. The molecule has 1 fully saturated rings. The second-order valence-electron chi connectivity index (χ2n) is 10.9. The smallest absolute Gasteiger partial charge is 0.410 e. The van der Waals surface area contributed by atoms with Crippen molar-refractivity contribution in [2.75, 3.05) is 39.5 Å². The SMILES string of the molecule is CC(C)(C)OC(=O)N1CCC(OCCCCCOCCN(Cc2ccccc2)Cc2ccccc2)CC1. The van der Waals surface area contributed by atoms with Crippen LogP contribution in [0.1, 0.15) is 64.0 Å². The maximum absolute atomic E-state index is 12.2. The van der Waals surface area contributed by atoms with Crippen molar-refractivity contribution >= 4 is 6.09 Å². The van der Waals surface area contributed by atoms with Crippen LogP contribution in [0.2, 0.25) is 0 Å². The highest BCUT2D eigenvalue weighted by molar-refractivity contribution is 5.68. The third kappa shape index (κ3) is 12.1. The molecule has 1 aliphatic rings. The molecule has 37 heavy (non-hydrogen) atoms. The molecule has 0 radical (unpaired) electrons. The first-order valence-corrected chi connectivity index (χ1v) is 13.9. The summed E-state index contributed by atoms with van der Waals surface area (Å²) in [6.45, 7) is 12.2. The van der Waals surface area contributed by atoms with Crippen molar-refractivity contribution < 1.29 is 19.0 Å². The summed E-state index contributed by atoms with van der Waals surface area (Å²) in [5.74, 6) is 0. The minimum Gasteiger partial charge on any atom is -0.444 e. The molecule has 0 spiro atoms. The van der Waals surface area contributed by atoms with Gasteiger partial charge in [0.1, 0.15) is 5.60 Å². The number of likely N-dealkylation sites (tertiary alicyclic amines) is 1. The Morgan fingerprint density at radius 2 is 1.41 bits per heavy atom. The van der Waals surface area contributed by atoms with Gasteiger partial charge in [0.05, 0.1) is 12.7 Å². The predicted molar refractivity (Wildman–Crippen MR) is 148 cm³/mol. The van der Waals surface area contributed by atoms with Crippen molar-refractivity contribution in [1.82, 2.24) is 9.80 Å². The van der Waals surface area contributed by atoms with E-state index in [0.29, 0.717) is 13.1 Å². The van der Waals surface area contributed by atoms with Gasteiger partial charge in [-0.15, -0.1) is 0 Å². The van der Waals surface area contributed by atoms with Crippen LogP contribution in [0.5, 0.6) is 0 Å². The molecule has 6 heteroatoms. The molecule has 1 heterocycles. The molecule has 1 saturated heterocycles. The second-order valence-corrected chi connectivity index (χ2v) is 10.9. The molecule has 0 N–H and O–H groups in total. The van der Waals surface area contributed by atoms with Crippen LogP contribution in [0, 0.1) is 0 Å². The summed E-state index contributed by atoms with van der Waals surface area (Å²) >= 11 is 0. The number of hydrogen-bond donors (Lipinski definition) is 0. The molecular weight excluding hydrogens is 464 g/mol. The highest BCUT2D eigenvalue weighted by atomic mass is 16.6. The van der Waals surface area contributed by atoms with E-state index in [1.165, 1.54) is 11.1 Å². The Morgan fingerprint density at radius 1 is 0.838 bits per heavy atom. The molecule has 1 amide bonds.